The molecule has 0 amide bonds. The largest absolute Gasteiger partial charge is 0.508 e. The number of phenols is 1. The van der Waals surface area contributed by atoms with E-state index in [-0.39, 0.29) is 17.2 Å². The van der Waals surface area contributed by atoms with Gasteiger partial charge in [0.1, 0.15) is 12.9 Å². The van der Waals surface area contributed by atoms with Crippen LogP contribution in [-0.4, -0.2) is 22.3 Å². The van der Waals surface area contributed by atoms with E-state index in [2.05, 4.69) is 4.99 Å². The predicted molar refractivity (Wildman–Crippen MR) is 79.8 cm³/mol. The van der Waals surface area contributed by atoms with Crippen molar-refractivity contribution in [2.45, 2.75) is 19.5 Å². The molecule has 0 bridgehead atoms. The summed E-state index contributed by atoms with van der Waals surface area (Å²) in [5.74, 6) is -0.120. The second kappa shape index (κ2) is 4.29. The van der Waals surface area contributed by atoms with Crippen LogP contribution in [0.4, 0.5) is 5.69 Å². The zero-order valence-electron chi connectivity index (χ0n) is 11.2. The molecule has 1 aliphatic heterocycles. The van der Waals surface area contributed by atoms with E-state index in [1.807, 2.05) is 13.8 Å². The molecular weight excluding hydrogens is 273 g/mol. The zero-order chi connectivity index (χ0) is 14.5. The summed E-state index contributed by atoms with van der Waals surface area (Å²) in [5, 5.41) is 10.7. The van der Waals surface area contributed by atoms with E-state index in [1.54, 1.807) is 12.1 Å². The maximum Gasteiger partial charge on any atom is 0.179 e. The van der Waals surface area contributed by atoms with Crippen molar-refractivity contribution in [1.29, 1.82) is 0 Å². The average Bonchev–Trinajstić information content (AvgIpc) is 2.40. The van der Waals surface area contributed by atoms with E-state index in [1.165, 1.54) is 24.3 Å². The molecule has 1 atom stereocenters. The molecule has 20 heavy (non-hydrogen) atoms. The lowest BCUT2D eigenvalue weighted by Crippen LogP contribution is -2.24. The van der Waals surface area contributed by atoms with E-state index in [0.29, 0.717) is 22.0 Å². The Bertz CT molecular complexity index is 756. The Labute approximate surface area is 116 Å². The lowest BCUT2D eigenvalue weighted by Gasteiger charge is -2.31. The van der Waals surface area contributed by atoms with Gasteiger partial charge in [-0.05, 0) is 36.4 Å². The van der Waals surface area contributed by atoms with Crippen LogP contribution in [0.15, 0.2) is 46.7 Å². The molecule has 1 aromatic rings. The second-order valence-corrected chi connectivity index (χ2v) is 8.50. The molecule has 0 fully saturated rings. The van der Waals surface area contributed by atoms with E-state index in [9.17, 15) is 14.5 Å². The molecule has 4 nitrogen and oxygen atoms in total. The highest BCUT2D eigenvalue weighted by Gasteiger charge is 2.41. The number of allylic oxidation sites excluding steroid dienone is 4. The first-order chi connectivity index (χ1) is 9.42. The van der Waals surface area contributed by atoms with Crippen molar-refractivity contribution >= 4 is 29.6 Å². The Hall–Kier alpha value is -1.93. The molecule has 1 N–H and O–H groups in total. The van der Waals surface area contributed by atoms with Crippen molar-refractivity contribution < 1.29 is 14.5 Å². The van der Waals surface area contributed by atoms with Crippen LogP contribution < -0.4 is 5.30 Å². The predicted octanol–water partition coefficient (Wildman–Crippen LogP) is 2.90. The number of hydrogen-bond donors (Lipinski definition) is 1. The summed E-state index contributed by atoms with van der Waals surface area (Å²) in [4.78, 5) is 16.1. The maximum absolute atomic E-state index is 13.6. The number of phenolic OH excluding ortho intramolecular Hbond substituents is 1. The van der Waals surface area contributed by atoms with Crippen LogP contribution in [0.3, 0.4) is 0 Å². The van der Waals surface area contributed by atoms with Gasteiger partial charge in [-0.15, -0.1) is 0 Å². The Morgan fingerprint density at radius 1 is 1.25 bits per heavy atom. The Morgan fingerprint density at radius 2 is 2.00 bits per heavy atom. The fourth-order valence-corrected chi connectivity index (χ4v) is 5.50. The third-order valence-electron chi connectivity index (χ3n) is 3.59. The number of nitrogens with zero attached hydrogens (tertiary/aromatic N) is 1. The minimum absolute atomic E-state index is 0.0570. The van der Waals surface area contributed by atoms with Crippen molar-refractivity contribution in [2.75, 3.05) is 0 Å². The number of rotatable bonds is 1. The first-order valence-electron chi connectivity index (χ1n) is 6.39. The first kappa shape index (κ1) is 13.1. The normalized spacial score (nSPS) is 24.1. The lowest BCUT2D eigenvalue weighted by molar-refractivity contribution is -0.110. The minimum Gasteiger partial charge on any atom is -0.508 e. The molecule has 1 aromatic carbocycles. The molecule has 0 aromatic heterocycles. The zero-order valence-corrected chi connectivity index (χ0v) is 12.1. The van der Waals surface area contributed by atoms with Crippen molar-refractivity contribution in [2.24, 2.45) is 4.99 Å². The Morgan fingerprint density at radius 3 is 2.70 bits per heavy atom. The lowest BCUT2D eigenvalue weighted by atomic mass is 10.1. The van der Waals surface area contributed by atoms with Crippen LogP contribution >= 0.6 is 7.14 Å². The topological polar surface area (TPSA) is 66.7 Å². The number of ketones is 1. The number of hydrogen-bond acceptors (Lipinski definition) is 4. The van der Waals surface area contributed by atoms with Crippen molar-refractivity contribution in [3.63, 3.8) is 0 Å². The summed E-state index contributed by atoms with van der Waals surface area (Å²) >= 11 is 0. The van der Waals surface area contributed by atoms with Crippen LogP contribution in [0.25, 0.3) is 0 Å². The summed E-state index contributed by atoms with van der Waals surface area (Å²) in [6.07, 6.45) is 4.45. The van der Waals surface area contributed by atoms with E-state index >= 15 is 0 Å². The highest BCUT2D eigenvalue weighted by atomic mass is 31.2. The molecule has 2 aliphatic rings. The van der Waals surface area contributed by atoms with Gasteiger partial charge in [0.25, 0.3) is 0 Å². The molecule has 3 rings (SSSR count). The number of aromatic hydroxyl groups is 1. The van der Waals surface area contributed by atoms with Gasteiger partial charge in [0, 0.05) is 16.3 Å². The van der Waals surface area contributed by atoms with Crippen molar-refractivity contribution in [3.05, 3.63) is 41.7 Å². The molecule has 0 radical (unpaired) electrons. The standard InChI is InChI=1S/C15H14NO3P/c1-9(2)20(19)14-7-10(17)3-5-12(14)16-13-6-4-11(18)8-15(13)20/h3-9,17H,1-2H3. The summed E-state index contributed by atoms with van der Waals surface area (Å²) in [5.41, 5.74) is 1.02. The number of benzene rings is 1. The maximum atomic E-state index is 13.6. The van der Waals surface area contributed by atoms with E-state index in [0.717, 1.165) is 0 Å². The summed E-state index contributed by atoms with van der Waals surface area (Å²) < 4.78 is 13.6. The number of fused-ring (bicyclic) bond motifs is 2. The first-order valence-corrected chi connectivity index (χ1v) is 8.17. The van der Waals surface area contributed by atoms with Gasteiger partial charge in [0.2, 0.25) is 0 Å². The molecular formula is C15H14NO3P. The third kappa shape index (κ3) is 1.72. The van der Waals surface area contributed by atoms with Gasteiger partial charge < -0.3 is 9.67 Å². The summed E-state index contributed by atoms with van der Waals surface area (Å²) in [7, 11) is -2.97. The van der Waals surface area contributed by atoms with Gasteiger partial charge in [-0.25, -0.2) is 4.99 Å². The van der Waals surface area contributed by atoms with E-state index in [4.69, 9.17) is 0 Å². The van der Waals surface area contributed by atoms with Crippen LogP contribution in [0, 0.1) is 0 Å². The number of aliphatic imine (C=N–C) groups is 1. The smallest absolute Gasteiger partial charge is 0.179 e. The molecule has 1 unspecified atom stereocenters. The summed E-state index contributed by atoms with van der Waals surface area (Å²) in [6.45, 7) is 3.72. The van der Waals surface area contributed by atoms with Crippen molar-refractivity contribution in [3.8, 4) is 5.75 Å². The van der Waals surface area contributed by atoms with Crippen molar-refractivity contribution in [1.82, 2.24) is 0 Å². The van der Waals surface area contributed by atoms with Gasteiger partial charge in [-0.2, -0.15) is 0 Å². The SMILES string of the molecule is CC(C)P1(=O)C2=CC(=O)C=CC2=Nc2ccc(O)cc21. The molecule has 1 heterocycles. The van der Waals surface area contributed by atoms with Gasteiger partial charge in [-0.3, -0.25) is 4.79 Å². The van der Waals surface area contributed by atoms with Gasteiger partial charge >= 0.3 is 0 Å². The monoisotopic (exact) mass is 287 g/mol. The molecule has 0 saturated carbocycles. The average molecular weight is 287 g/mol. The highest BCUT2D eigenvalue weighted by Crippen LogP contribution is 2.61. The molecule has 0 saturated heterocycles. The number of carbonyl (C=O) groups is 1. The van der Waals surface area contributed by atoms with Crippen LogP contribution in [0.2, 0.25) is 0 Å². The van der Waals surface area contributed by atoms with Crippen LogP contribution in [0.1, 0.15) is 13.8 Å². The number of carbonyl (C=O) groups excluding carboxylic acids is 1. The molecule has 0 spiro atoms. The fourth-order valence-electron chi connectivity index (χ4n) is 2.55. The fraction of sp³-hybridized carbons (Fsp3) is 0.200. The highest BCUT2D eigenvalue weighted by molar-refractivity contribution is 7.77. The molecule has 5 heteroatoms. The van der Waals surface area contributed by atoms with Gasteiger partial charge in [-0.1, -0.05) is 13.8 Å². The van der Waals surface area contributed by atoms with Gasteiger partial charge in [0.05, 0.1) is 11.4 Å². The second-order valence-electron chi connectivity index (χ2n) is 5.19. The molecule has 102 valence electrons. The van der Waals surface area contributed by atoms with E-state index < -0.39 is 7.14 Å². The van der Waals surface area contributed by atoms with Crippen LogP contribution in [0.5, 0.6) is 5.75 Å². The third-order valence-corrected chi connectivity index (χ3v) is 7.19. The minimum atomic E-state index is -2.97. The summed E-state index contributed by atoms with van der Waals surface area (Å²) in [6, 6.07) is 4.69. The quantitative estimate of drug-likeness (QED) is 0.638. The Balaban J connectivity index is 2.37. The van der Waals surface area contributed by atoms with Crippen LogP contribution in [-0.2, 0) is 9.36 Å². The molecule has 1 aliphatic carbocycles. The Kier molecular flexibility index (Phi) is 2.80. The van der Waals surface area contributed by atoms with Gasteiger partial charge in [0.15, 0.2) is 5.78 Å².